The van der Waals surface area contributed by atoms with Crippen molar-refractivity contribution in [2.75, 3.05) is 0 Å². The molecule has 0 amide bonds. The van der Waals surface area contributed by atoms with Crippen LogP contribution in [0.5, 0.6) is 0 Å². The van der Waals surface area contributed by atoms with E-state index in [-0.39, 0.29) is 0 Å². The monoisotopic (exact) mass is 209 g/mol. The maximum atomic E-state index is 8.98. The van der Waals surface area contributed by atoms with Gasteiger partial charge in [0.05, 0.1) is 5.71 Å². The van der Waals surface area contributed by atoms with Crippen LogP contribution in [-0.4, -0.2) is 10.9 Å². The van der Waals surface area contributed by atoms with E-state index < -0.39 is 0 Å². The molecule has 15 heavy (non-hydrogen) atoms. The molecule has 0 heterocycles. The summed E-state index contributed by atoms with van der Waals surface area (Å²) < 4.78 is 0. The fraction of sp³-hybridized carbons (Fsp3) is 0.769. The fourth-order valence-corrected chi connectivity index (χ4v) is 2.39. The van der Waals surface area contributed by atoms with Crippen molar-refractivity contribution >= 4 is 5.71 Å². The van der Waals surface area contributed by atoms with Gasteiger partial charge < -0.3 is 5.21 Å². The third-order valence-corrected chi connectivity index (χ3v) is 3.67. The van der Waals surface area contributed by atoms with Gasteiger partial charge in [0.1, 0.15) is 0 Å². The highest BCUT2D eigenvalue weighted by molar-refractivity contribution is 5.88. The first-order chi connectivity index (χ1) is 7.10. The lowest BCUT2D eigenvalue weighted by Crippen LogP contribution is -2.25. The van der Waals surface area contributed by atoms with Crippen LogP contribution in [0.25, 0.3) is 0 Å². The summed E-state index contributed by atoms with van der Waals surface area (Å²) in [4.78, 5) is 0. The molecule has 0 bridgehead atoms. The Labute approximate surface area is 93.1 Å². The molecule has 1 aliphatic carbocycles. The Hall–Kier alpha value is -0.790. The van der Waals surface area contributed by atoms with Crippen LogP contribution in [0.2, 0.25) is 0 Å². The second-order valence-corrected chi connectivity index (χ2v) is 4.92. The molecular formula is C13H23NO. The Morgan fingerprint density at radius 1 is 1.60 bits per heavy atom. The number of nitrogens with zero attached hydrogens (tertiary/aromatic N) is 1. The Bertz CT molecular complexity index is 266. The van der Waals surface area contributed by atoms with E-state index in [9.17, 15) is 0 Å². The Morgan fingerprint density at radius 3 is 2.73 bits per heavy atom. The minimum absolute atomic E-state index is 0.376. The first-order valence-corrected chi connectivity index (χ1v) is 5.97. The zero-order valence-corrected chi connectivity index (χ0v) is 10.3. The van der Waals surface area contributed by atoms with E-state index in [1.165, 1.54) is 12.0 Å². The Morgan fingerprint density at radius 2 is 2.27 bits per heavy atom. The van der Waals surface area contributed by atoms with Gasteiger partial charge in [-0.05, 0) is 38.0 Å². The summed E-state index contributed by atoms with van der Waals surface area (Å²) in [5.41, 5.74) is 2.32. The highest BCUT2D eigenvalue weighted by Gasteiger charge is 2.27. The minimum atomic E-state index is 0.376. The smallest absolute Gasteiger partial charge is 0.0639 e. The van der Waals surface area contributed by atoms with Crippen LogP contribution in [0.4, 0.5) is 0 Å². The quantitative estimate of drug-likeness (QED) is 0.325. The molecular weight excluding hydrogens is 186 g/mol. The molecule has 0 radical (unpaired) electrons. The summed E-state index contributed by atoms with van der Waals surface area (Å²) in [7, 11) is 0. The van der Waals surface area contributed by atoms with Crippen molar-refractivity contribution in [1.82, 2.24) is 0 Å². The molecule has 2 heteroatoms. The van der Waals surface area contributed by atoms with Crippen molar-refractivity contribution in [3.05, 3.63) is 11.6 Å². The Balaban J connectivity index is 2.80. The molecule has 0 aromatic rings. The molecule has 0 saturated heterocycles. The average Bonchev–Trinajstić information content (AvgIpc) is 2.22. The van der Waals surface area contributed by atoms with Crippen molar-refractivity contribution in [3.63, 3.8) is 0 Å². The molecule has 1 aliphatic rings. The van der Waals surface area contributed by atoms with Gasteiger partial charge >= 0.3 is 0 Å². The van der Waals surface area contributed by atoms with E-state index in [1.807, 2.05) is 0 Å². The molecule has 2 atom stereocenters. The summed E-state index contributed by atoms with van der Waals surface area (Å²) in [5, 5.41) is 12.4. The average molecular weight is 209 g/mol. The molecule has 86 valence electrons. The summed E-state index contributed by atoms with van der Waals surface area (Å²) in [6.45, 7) is 8.76. The molecule has 1 N–H and O–H groups in total. The number of hydrogen-bond donors (Lipinski definition) is 1. The SMILES string of the molecule is CC/C(=N\O)C1CC(C(C)C)CC=C1C. The zero-order valence-electron chi connectivity index (χ0n) is 10.3. The molecule has 2 unspecified atom stereocenters. The van der Waals surface area contributed by atoms with Crippen LogP contribution in [0, 0.1) is 17.8 Å². The molecule has 0 aromatic heterocycles. The normalized spacial score (nSPS) is 28.1. The van der Waals surface area contributed by atoms with Gasteiger partial charge in [-0.3, -0.25) is 0 Å². The summed E-state index contributed by atoms with van der Waals surface area (Å²) in [5.74, 6) is 1.83. The van der Waals surface area contributed by atoms with Gasteiger partial charge in [0, 0.05) is 5.92 Å². The minimum Gasteiger partial charge on any atom is -0.411 e. The maximum absolute atomic E-state index is 8.98. The largest absolute Gasteiger partial charge is 0.411 e. The van der Waals surface area contributed by atoms with Gasteiger partial charge in [0.25, 0.3) is 0 Å². The molecule has 1 rings (SSSR count). The van der Waals surface area contributed by atoms with Gasteiger partial charge in [0.15, 0.2) is 0 Å². The van der Waals surface area contributed by atoms with E-state index >= 15 is 0 Å². The molecule has 2 nitrogen and oxygen atoms in total. The van der Waals surface area contributed by atoms with Crippen molar-refractivity contribution < 1.29 is 5.21 Å². The van der Waals surface area contributed by atoms with Gasteiger partial charge in [-0.1, -0.05) is 37.6 Å². The first-order valence-electron chi connectivity index (χ1n) is 5.97. The van der Waals surface area contributed by atoms with E-state index in [0.29, 0.717) is 11.8 Å². The van der Waals surface area contributed by atoms with Crippen LogP contribution in [-0.2, 0) is 0 Å². The van der Waals surface area contributed by atoms with Gasteiger partial charge in [0.2, 0.25) is 0 Å². The Kier molecular flexibility index (Phi) is 4.37. The molecule has 0 saturated carbocycles. The van der Waals surface area contributed by atoms with Crippen molar-refractivity contribution in [1.29, 1.82) is 0 Å². The summed E-state index contributed by atoms with van der Waals surface area (Å²) in [6.07, 6.45) is 5.49. The topological polar surface area (TPSA) is 32.6 Å². The number of oxime groups is 1. The van der Waals surface area contributed by atoms with Gasteiger partial charge in [-0.25, -0.2) is 0 Å². The predicted molar refractivity (Wildman–Crippen MR) is 64.3 cm³/mol. The molecule has 0 aliphatic heterocycles. The molecule has 0 fully saturated rings. The van der Waals surface area contributed by atoms with E-state index in [4.69, 9.17) is 5.21 Å². The third-order valence-electron chi connectivity index (χ3n) is 3.67. The standard InChI is InChI=1S/C13H23NO/c1-5-13(14-15)12-8-11(9(2)3)7-6-10(12)4/h6,9,11-12,15H,5,7-8H2,1-4H3/b14-13+. The van der Waals surface area contributed by atoms with Crippen molar-refractivity contribution in [2.24, 2.45) is 22.9 Å². The number of allylic oxidation sites excluding steroid dienone is 2. The van der Waals surface area contributed by atoms with Crippen molar-refractivity contribution in [2.45, 2.75) is 47.0 Å². The van der Waals surface area contributed by atoms with E-state index in [0.717, 1.165) is 24.5 Å². The summed E-state index contributed by atoms with van der Waals surface area (Å²) >= 11 is 0. The lowest BCUT2D eigenvalue weighted by atomic mass is 9.74. The molecule has 0 spiro atoms. The first kappa shape index (κ1) is 12.3. The number of hydrogen-bond acceptors (Lipinski definition) is 2. The highest BCUT2D eigenvalue weighted by atomic mass is 16.4. The van der Waals surface area contributed by atoms with Gasteiger partial charge in [-0.15, -0.1) is 0 Å². The third kappa shape index (κ3) is 2.83. The maximum Gasteiger partial charge on any atom is 0.0639 e. The van der Waals surface area contributed by atoms with Crippen LogP contribution in [0.1, 0.15) is 47.0 Å². The van der Waals surface area contributed by atoms with Crippen molar-refractivity contribution in [3.8, 4) is 0 Å². The summed E-state index contributed by atoms with van der Waals surface area (Å²) in [6, 6.07) is 0. The van der Waals surface area contributed by atoms with Crippen LogP contribution < -0.4 is 0 Å². The lowest BCUT2D eigenvalue weighted by molar-refractivity contribution is 0.300. The van der Waals surface area contributed by atoms with E-state index in [2.05, 4.69) is 38.9 Å². The number of rotatable bonds is 3. The second kappa shape index (κ2) is 5.34. The van der Waals surface area contributed by atoms with Gasteiger partial charge in [-0.2, -0.15) is 0 Å². The highest BCUT2D eigenvalue weighted by Crippen LogP contribution is 2.34. The fourth-order valence-electron chi connectivity index (χ4n) is 2.39. The lowest BCUT2D eigenvalue weighted by Gasteiger charge is -2.31. The van der Waals surface area contributed by atoms with E-state index in [1.54, 1.807) is 0 Å². The zero-order chi connectivity index (χ0) is 11.4. The van der Waals surface area contributed by atoms with Crippen LogP contribution >= 0.6 is 0 Å². The van der Waals surface area contributed by atoms with Crippen LogP contribution in [0.15, 0.2) is 16.8 Å². The predicted octanol–water partition coefficient (Wildman–Crippen LogP) is 3.86. The molecule has 0 aromatic carbocycles. The van der Waals surface area contributed by atoms with Crippen LogP contribution in [0.3, 0.4) is 0 Å². The second-order valence-electron chi connectivity index (χ2n) is 4.92.